The van der Waals surface area contributed by atoms with Gasteiger partial charge in [-0.3, -0.25) is 0 Å². The van der Waals surface area contributed by atoms with Crippen LogP contribution in [0.15, 0.2) is 42.5 Å². The van der Waals surface area contributed by atoms with Crippen LogP contribution in [0.4, 0.5) is 13.2 Å². The maximum Gasteiger partial charge on any atom is 0.416 e. The van der Waals surface area contributed by atoms with E-state index in [1.807, 2.05) is 25.1 Å². The molecule has 0 aliphatic carbocycles. The maximum atomic E-state index is 12.7. The van der Waals surface area contributed by atoms with E-state index >= 15 is 0 Å². The van der Waals surface area contributed by atoms with Gasteiger partial charge in [0.1, 0.15) is 0 Å². The summed E-state index contributed by atoms with van der Waals surface area (Å²) in [4.78, 5) is 0. The molecule has 0 spiro atoms. The molecular weight excluding hydrogens is 363 g/mol. The Morgan fingerprint density at radius 1 is 1.12 bits per heavy atom. The molecule has 26 heavy (non-hydrogen) atoms. The summed E-state index contributed by atoms with van der Waals surface area (Å²) >= 11 is 6.31. The van der Waals surface area contributed by atoms with Crippen LogP contribution in [0.1, 0.15) is 29.2 Å². The van der Waals surface area contributed by atoms with Crippen LogP contribution in [0.3, 0.4) is 0 Å². The molecule has 2 aromatic rings. The average Bonchev–Trinajstić information content (AvgIpc) is 2.60. The Balaban J connectivity index is 1.84. The average molecular weight is 386 g/mol. The molecule has 0 saturated carbocycles. The second-order valence-corrected chi connectivity index (χ2v) is 6.71. The second kappa shape index (κ2) is 9.40. The third-order valence-electron chi connectivity index (χ3n) is 4.20. The van der Waals surface area contributed by atoms with Crippen molar-refractivity contribution in [3.63, 3.8) is 0 Å². The third-order valence-corrected chi connectivity index (χ3v) is 4.55. The van der Waals surface area contributed by atoms with Crippen LogP contribution < -0.4 is 5.32 Å². The molecule has 6 heteroatoms. The highest BCUT2D eigenvalue weighted by molar-refractivity contribution is 6.31. The summed E-state index contributed by atoms with van der Waals surface area (Å²) in [5, 5.41) is 3.94. The van der Waals surface area contributed by atoms with E-state index in [1.165, 1.54) is 12.1 Å². The molecule has 0 radical (unpaired) electrons. The van der Waals surface area contributed by atoms with Gasteiger partial charge in [0.05, 0.1) is 11.7 Å². The Morgan fingerprint density at radius 2 is 1.88 bits per heavy atom. The molecule has 0 aliphatic heterocycles. The molecule has 0 heterocycles. The minimum absolute atomic E-state index is 0.101. The van der Waals surface area contributed by atoms with Gasteiger partial charge in [0.15, 0.2) is 0 Å². The summed E-state index contributed by atoms with van der Waals surface area (Å²) in [6, 6.07) is 11.3. The molecule has 1 atom stereocenters. The molecule has 0 aliphatic rings. The number of ether oxygens (including phenoxy) is 1. The van der Waals surface area contributed by atoms with E-state index in [2.05, 4.69) is 5.32 Å². The Labute approximate surface area is 157 Å². The monoisotopic (exact) mass is 385 g/mol. The van der Waals surface area contributed by atoms with Crippen molar-refractivity contribution in [1.29, 1.82) is 0 Å². The summed E-state index contributed by atoms with van der Waals surface area (Å²) in [6.45, 7) is 3.18. The zero-order valence-electron chi connectivity index (χ0n) is 14.9. The Kier molecular flexibility index (Phi) is 7.50. The van der Waals surface area contributed by atoms with Gasteiger partial charge in [-0.2, -0.15) is 13.2 Å². The van der Waals surface area contributed by atoms with Gasteiger partial charge in [0.25, 0.3) is 0 Å². The Bertz CT molecular complexity index is 718. The highest BCUT2D eigenvalue weighted by Crippen LogP contribution is 2.29. The maximum absolute atomic E-state index is 12.7. The van der Waals surface area contributed by atoms with E-state index < -0.39 is 11.7 Å². The van der Waals surface area contributed by atoms with E-state index in [-0.39, 0.29) is 6.10 Å². The lowest BCUT2D eigenvalue weighted by Crippen LogP contribution is -2.17. The first-order chi connectivity index (χ1) is 12.3. The number of halogens is 4. The van der Waals surface area contributed by atoms with Crippen LogP contribution in [0.2, 0.25) is 5.02 Å². The first-order valence-electron chi connectivity index (χ1n) is 8.46. The number of alkyl halides is 3. The quantitative estimate of drug-likeness (QED) is 0.625. The van der Waals surface area contributed by atoms with Crippen molar-refractivity contribution >= 4 is 11.6 Å². The predicted molar refractivity (Wildman–Crippen MR) is 98.5 cm³/mol. The third kappa shape index (κ3) is 6.31. The van der Waals surface area contributed by atoms with Crippen molar-refractivity contribution in [2.75, 3.05) is 13.7 Å². The van der Waals surface area contributed by atoms with Crippen LogP contribution in [-0.4, -0.2) is 19.8 Å². The lowest BCUT2D eigenvalue weighted by molar-refractivity contribution is -0.137. The SMILES string of the molecule is COC(C)Cc1ccc(CNCCc2cccc(C(F)(F)F)c2)cc1Cl. The molecule has 0 aromatic heterocycles. The van der Waals surface area contributed by atoms with Crippen molar-refractivity contribution in [2.45, 2.75) is 38.6 Å². The molecule has 142 valence electrons. The highest BCUT2D eigenvalue weighted by Gasteiger charge is 2.30. The topological polar surface area (TPSA) is 21.3 Å². The lowest BCUT2D eigenvalue weighted by atomic mass is 10.1. The van der Waals surface area contributed by atoms with Crippen molar-refractivity contribution in [2.24, 2.45) is 0 Å². The number of nitrogens with one attached hydrogen (secondary N) is 1. The van der Waals surface area contributed by atoms with Crippen LogP contribution in [0, 0.1) is 0 Å². The smallest absolute Gasteiger partial charge is 0.381 e. The van der Waals surface area contributed by atoms with E-state index in [9.17, 15) is 13.2 Å². The molecule has 2 rings (SSSR count). The number of hydrogen-bond donors (Lipinski definition) is 1. The van der Waals surface area contributed by atoms with Crippen LogP contribution >= 0.6 is 11.6 Å². The normalized spacial score (nSPS) is 13.0. The first kappa shape index (κ1) is 20.7. The van der Waals surface area contributed by atoms with Gasteiger partial charge in [-0.1, -0.05) is 41.9 Å². The van der Waals surface area contributed by atoms with Gasteiger partial charge in [0, 0.05) is 18.7 Å². The fourth-order valence-corrected chi connectivity index (χ4v) is 2.91. The molecule has 0 saturated heterocycles. The fraction of sp³-hybridized carbons (Fsp3) is 0.400. The van der Waals surface area contributed by atoms with Gasteiger partial charge in [-0.15, -0.1) is 0 Å². The van der Waals surface area contributed by atoms with Gasteiger partial charge in [-0.05, 0) is 55.1 Å². The van der Waals surface area contributed by atoms with Crippen molar-refractivity contribution < 1.29 is 17.9 Å². The fourth-order valence-electron chi connectivity index (χ4n) is 2.63. The summed E-state index contributed by atoms with van der Waals surface area (Å²) in [7, 11) is 1.67. The summed E-state index contributed by atoms with van der Waals surface area (Å²) in [5.74, 6) is 0. The Hall–Kier alpha value is -1.56. The largest absolute Gasteiger partial charge is 0.416 e. The number of hydrogen-bond acceptors (Lipinski definition) is 2. The van der Waals surface area contributed by atoms with Gasteiger partial charge < -0.3 is 10.1 Å². The van der Waals surface area contributed by atoms with Crippen molar-refractivity contribution in [3.05, 3.63) is 69.7 Å². The zero-order valence-corrected chi connectivity index (χ0v) is 15.6. The van der Waals surface area contributed by atoms with Crippen LogP contribution in [-0.2, 0) is 30.3 Å². The van der Waals surface area contributed by atoms with Gasteiger partial charge in [-0.25, -0.2) is 0 Å². The zero-order chi connectivity index (χ0) is 19.2. The molecule has 2 aromatic carbocycles. The minimum Gasteiger partial charge on any atom is -0.381 e. The number of methoxy groups -OCH3 is 1. The van der Waals surface area contributed by atoms with Crippen molar-refractivity contribution in [1.82, 2.24) is 5.32 Å². The summed E-state index contributed by atoms with van der Waals surface area (Å²) < 4.78 is 43.4. The van der Waals surface area contributed by atoms with Gasteiger partial charge in [0.2, 0.25) is 0 Å². The van der Waals surface area contributed by atoms with Crippen LogP contribution in [0.25, 0.3) is 0 Å². The molecule has 2 nitrogen and oxygen atoms in total. The molecule has 1 N–H and O–H groups in total. The Morgan fingerprint density at radius 3 is 2.54 bits per heavy atom. The number of rotatable bonds is 8. The number of benzene rings is 2. The van der Waals surface area contributed by atoms with E-state index in [1.54, 1.807) is 13.2 Å². The minimum atomic E-state index is -4.30. The second-order valence-electron chi connectivity index (χ2n) is 6.30. The van der Waals surface area contributed by atoms with Crippen molar-refractivity contribution in [3.8, 4) is 0 Å². The van der Waals surface area contributed by atoms with Gasteiger partial charge >= 0.3 is 6.18 Å². The van der Waals surface area contributed by atoms with E-state index in [0.717, 1.165) is 23.6 Å². The summed E-state index contributed by atoms with van der Waals surface area (Å²) in [5.41, 5.74) is 2.12. The molecule has 0 fully saturated rings. The van der Waals surface area contributed by atoms with E-state index in [4.69, 9.17) is 16.3 Å². The molecule has 0 bridgehead atoms. The predicted octanol–water partition coefficient (Wildman–Crippen LogP) is 5.27. The molecule has 0 amide bonds. The first-order valence-corrected chi connectivity index (χ1v) is 8.84. The van der Waals surface area contributed by atoms with Crippen LogP contribution in [0.5, 0.6) is 0 Å². The van der Waals surface area contributed by atoms with E-state index in [0.29, 0.717) is 30.1 Å². The molecular formula is C20H23ClF3NO. The lowest BCUT2D eigenvalue weighted by Gasteiger charge is -2.12. The highest BCUT2D eigenvalue weighted by atomic mass is 35.5. The molecule has 1 unspecified atom stereocenters. The summed E-state index contributed by atoms with van der Waals surface area (Å²) in [6.07, 6.45) is -2.93. The standard InChI is InChI=1S/C20H23ClF3NO/c1-14(26-2)10-17-7-6-16(12-19(17)21)13-25-9-8-15-4-3-5-18(11-15)20(22,23)24/h3-7,11-12,14,25H,8-10,13H2,1-2H3.